The van der Waals surface area contributed by atoms with E-state index < -0.39 is 10.2 Å². The molecule has 0 spiro atoms. The van der Waals surface area contributed by atoms with Gasteiger partial charge >= 0.3 is 10.2 Å². The SMILES string of the molecule is Nc1cn[nH]c1NS(=O)(=O)N1CCOCC1. The Morgan fingerprint density at radius 2 is 2.19 bits per heavy atom. The molecule has 1 fully saturated rings. The molecule has 0 saturated carbocycles. The van der Waals surface area contributed by atoms with Gasteiger partial charge in [-0.15, -0.1) is 0 Å². The van der Waals surface area contributed by atoms with Gasteiger partial charge in [-0.3, -0.25) is 9.82 Å². The summed E-state index contributed by atoms with van der Waals surface area (Å²) in [5.41, 5.74) is 5.77. The zero-order valence-electron chi connectivity index (χ0n) is 8.51. The van der Waals surface area contributed by atoms with Crippen LogP contribution in [0.3, 0.4) is 0 Å². The van der Waals surface area contributed by atoms with Crippen LogP contribution in [0, 0.1) is 0 Å². The highest BCUT2D eigenvalue weighted by Gasteiger charge is 2.25. The number of ether oxygens (including phenoxy) is 1. The minimum absolute atomic E-state index is 0.187. The molecule has 2 heterocycles. The first kappa shape index (κ1) is 11.2. The molecule has 90 valence electrons. The molecule has 0 unspecified atom stereocenters. The van der Waals surface area contributed by atoms with Crippen molar-refractivity contribution in [3.05, 3.63) is 6.20 Å². The van der Waals surface area contributed by atoms with E-state index >= 15 is 0 Å². The van der Waals surface area contributed by atoms with Crippen molar-refractivity contribution >= 4 is 21.7 Å². The number of H-pyrrole nitrogens is 1. The summed E-state index contributed by atoms with van der Waals surface area (Å²) < 4.78 is 32.4. The molecule has 0 amide bonds. The summed E-state index contributed by atoms with van der Waals surface area (Å²) in [7, 11) is -3.58. The van der Waals surface area contributed by atoms with Gasteiger partial charge in [0.15, 0.2) is 5.82 Å². The van der Waals surface area contributed by atoms with Crippen molar-refractivity contribution in [1.29, 1.82) is 0 Å². The summed E-state index contributed by atoms with van der Waals surface area (Å²) in [5, 5.41) is 6.11. The molecular weight excluding hydrogens is 234 g/mol. The highest BCUT2D eigenvalue weighted by Crippen LogP contribution is 2.16. The first-order valence-electron chi connectivity index (χ1n) is 4.74. The molecule has 2 rings (SSSR count). The van der Waals surface area contributed by atoms with Crippen LogP contribution in [0.4, 0.5) is 11.5 Å². The predicted octanol–water partition coefficient (Wildman–Crippen LogP) is -1.02. The molecule has 0 atom stereocenters. The number of nitrogens with two attached hydrogens (primary N) is 1. The lowest BCUT2D eigenvalue weighted by Gasteiger charge is -2.25. The van der Waals surface area contributed by atoms with E-state index in [4.69, 9.17) is 10.5 Å². The van der Waals surface area contributed by atoms with Crippen molar-refractivity contribution in [1.82, 2.24) is 14.5 Å². The Bertz CT molecular complexity index is 450. The third-order valence-electron chi connectivity index (χ3n) is 2.21. The highest BCUT2D eigenvalue weighted by atomic mass is 32.2. The fourth-order valence-corrected chi connectivity index (χ4v) is 2.54. The number of nitrogen functional groups attached to an aromatic ring is 1. The molecule has 0 aromatic carbocycles. The number of nitrogens with one attached hydrogen (secondary N) is 2. The van der Waals surface area contributed by atoms with Crippen LogP contribution in [-0.2, 0) is 14.9 Å². The van der Waals surface area contributed by atoms with Crippen LogP contribution in [0.1, 0.15) is 0 Å². The average molecular weight is 247 g/mol. The third-order valence-corrected chi connectivity index (χ3v) is 3.72. The molecule has 16 heavy (non-hydrogen) atoms. The first-order valence-corrected chi connectivity index (χ1v) is 6.18. The molecule has 1 aromatic rings. The smallest absolute Gasteiger partial charge is 0.303 e. The van der Waals surface area contributed by atoms with E-state index in [1.165, 1.54) is 10.5 Å². The lowest BCUT2D eigenvalue weighted by atomic mass is 10.5. The van der Waals surface area contributed by atoms with Gasteiger partial charge in [0.05, 0.1) is 25.1 Å². The van der Waals surface area contributed by atoms with Crippen molar-refractivity contribution in [2.75, 3.05) is 36.8 Å². The number of aromatic nitrogens is 2. The number of nitrogens with zero attached hydrogens (tertiary/aromatic N) is 2. The number of aromatic amines is 1. The van der Waals surface area contributed by atoms with Crippen LogP contribution >= 0.6 is 0 Å². The lowest BCUT2D eigenvalue weighted by molar-refractivity contribution is 0.0733. The van der Waals surface area contributed by atoms with Crippen LogP contribution in [0.5, 0.6) is 0 Å². The van der Waals surface area contributed by atoms with E-state index in [1.807, 2.05) is 0 Å². The second kappa shape index (κ2) is 4.28. The standard InChI is InChI=1S/C7H13N5O3S/c8-6-5-9-10-7(6)11-16(13,14)12-1-3-15-4-2-12/h5H,1-4,8H2,(H2,9,10,11). The minimum atomic E-state index is -3.58. The zero-order chi connectivity index (χ0) is 11.6. The first-order chi connectivity index (χ1) is 7.59. The largest absolute Gasteiger partial charge is 0.394 e. The third kappa shape index (κ3) is 2.26. The van der Waals surface area contributed by atoms with Gasteiger partial charge in [0.1, 0.15) is 0 Å². The second-order valence-corrected chi connectivity index (χ2v) is 4.99. The summed E-state index contributed by atoms with van der Waals surface area (Å²) in [6.45, 7) is 1.48. The maximum atomic E-state index is 11.9. The quantitative estimate of drug-likeness (QED) is 0.632. The minimum Gasteiger partial charge on any atom is -0.394 e. The van der Waals surface area contributed by atoms with Gasteiger partial charge in [-0.25, -0.2) is 0 Å². The Kier molecular flexibility index (Phi) is 2.99. The Labute approximate surface area is 92.9 Å². The number of anilines is 2. The van der Waals surface area contributed by atoms with Crippen LogP contribution in [0.15, 0.2) is 6.20 Å². The maximum absolute atomic E-state index is 11.9. The van der Waals surface area contributed by atoms with Crippen molar-refractivity contribution in [2.24, 2.45) is 0 Å². The van der Waals surface area contributed by atoms with Gasteiger partial charge in [-0.1, -0.05) is 0 Å². The molecular formula is C7H13N5O3S. The van der Waals surface area contributed by atoms with Gasteiger partial charge in [0, 0.05) is 13.1 Å². The average Bonchev–Trinajstić information content (AvgIpc) is 2.65. The Hall–Kier alpha value is -1.32. The van der Waals surface area contributed by atoms with Crippen LogP contribution < -0.4 is 10.5 Å². The van der Waals surface area contributed by atoms with Gasteiger partial charge in [0.2, 0.25) is 0 Å². The number of morpholine rings is 1. The Balaban J connectivity index is 2.10. The number of hydrogen-bond acceptors (Lipinski definition) is 5. The molecule has 1 aliphatic rings. The van der Waals surface area contributed by atoms with Crippen molar-refractivity contribution in [3.63, 3.8) is 0 Å². The molecule has 1 aromatic heterocycles. The molecule has 9 heteroatoms. The molecule has 1 saturated heterocycles. The van der Waals surface area contributed by atoms with Crippen LogP contribution in [0.25, 0.3) is 0 Å². The van der Waals surface area contributed by atoms with E-state index in [1.54, 1.807) is 0 Å². The van der Waals surface area contributed by atoms with Crippen molar-refractivity contribution in [3.8, 4) is 0 Å². The zero-order valence-corrected chi connectivity index (χ0v) is 9.33. The van der Waals surface area contributed by atoms with E-state index in [-0.39, 0.29) is 11.5 Å². The molecule has 8 nitrogen and oxygen atoms in total. The molecule has 0 aliphatic carbocycles. The van der Waals surface area contributed by atoms with Gasteiger partial charge in [0.25, 0.3) is 0 Å². The topological polar surface area (TPSA) is 113 Å². The second-order valence-electron chi connectivity index (χ2n) is 3.32. The monoisotopic (exact) mass is 247 g/mol. The summed E-state index contributed by atoms with van der Waals surface area (Å²) in [6.07, 6.45) is 1.34. The fraction of sp³-hybridized carbons (Fsp3) is 0.571. The maximum Gasteiger partial charge on any atom is 0.303 e. The summed E-state index contributed by atoms with van der Waals surface area (Å²) >= 11 is 0. The Morgan fingerprint density at radius 3 is 2.75 bits per heavy atom. The van der Waals surface area contributed by atoms with E-state index in [9.17, 15) is 8.42 Å². The molecule has 4 N–H and O–H groups in total. The molecule has 0 bridgehead atoms. The molecule has 1 aliphatic heterocycles. The highest BCUT2D eigenvalue weighted by molar-refractivity contribution is 7.90. The van der Waals surface area contributed by atoms with Crippen LogP contribution in [0.2, 0.25) is 0 Å². The Morgan fingerprint density at radius 1 is 1.50 bits per heavy atom. The summed E-state index contributed by atoms with van der Waals surface area (Å²) in [5.74, 6) is 0.187. The number of hydrogen-bond donors (Lipinski definition) is 3. The predicted molar refractivity (Wildman–Crippen MR) is 57.9 cm³/mol. The van der Waals surface area contributed by atoms with Crippen molar-refractivity contribution < 1.29 is 13.2 Å². The van der Waals surface area contributed by atoms with E-state index in [2.05, 4.69) is 14.9 Å². The van der Waals surface area contributed by atoms with E-state index in [0.29, 0.717) is 26.3 Å². The van der Waals surface area contributed by atoms with E-state index in [0.717, 1.165) is 0 Å². The number of rotatable bonds is 3. The van der Waals surface area contributed by atoms with Crippen LogP contribution in [-0.4, -0.2) is 49.2 Å². The normalized spacial score (nSPS) is 18.5. The lowest BCUT2D eigenvalue weighted by Crippen LogP contribution is -2.43. The van der Waals surface area contributed by atoms with Gasteiger partial charge < -0.3 is 10.5 Å². The van der Waals surface area contributed by atoms with Gasteiger partial charge in [-0.05, 0) is 0 Å². The summed E-state index contributed by atoms with van der Waals surface area (Å²) in [6, 6.07) is 0. The van der Waals surface area contributed by atoms with Gasteiger partial charge in [-0.2, -0.15) is 17.8 Å². The van der Waals surface area contributed by atoms with Crippen molar-refractivity contribution in [2.45, 2.75) is 0 Å². The summed E-state index contributed by atoms with van der Waals surface area (Å²) in [4.78, 5) is 0. The fourth-order valence-electron chi connectivity index (χ4n) is 1.36. The molecule has 0 radical (unpaired) electrons.